The molecule has 0 saturated carbocycles. The lowest BCUT2D eigenvalue weighted by Crippen LogP contribution is -2.49. The molecule has 0 bridgehead atoms. The molecule has 3 aromatic rings. The zero-order valence-electron chi connectivity index (χ0n) is 20.7. The summed E-state index contributed by atoms with van der Waals surface area (Å²) in [7, 11) is 1.59. The lowest BCUT2D eigenvalue weighted by Gasteiger charge is -2.38. The predicted octanol–water partition coefficient (Wildman–Crippen LogP) is 4.81. The van der Waals surface area contributed by atoms with Crippen molar-refractivity contribution in [2.45, 2.75) is 46.5 Å². The Balaban J connectivity index is 1.67. The number of hydrogen-bond acceptors (Lipinski definition) is 7. The first kappa shape index (κ1) is 25.0. The maximum absolute atomic E-state index is 13.3. The number of piperazine rings is 1. The van der Waals surface area contributed by atoms with E-state index in [-0.39, 0.29) is 12.1 Å². The summed E-state index contributed by atoms with van der Waals surface area (Å²) < 4.78 is 45.6. The van der Waals surface area contributed by atoms with Gasteiger partial charge < -0.3 is 15.0 Å². The van der Waals surface area contributed by atoms with Crippen LogP contribution in [0.1, 0.15) is 36.4 Å². The van der Waals surface area contributed by atoms with Crippen LogP contribution in [0.3, 0.4) is 0 Å². The van der Waals surface area contributed by atoms with Crippen molar-refractivity contribution in [1.29, 1.82) is 0 Å². The molecule has 35 heavy (non-hydrogen) atoms. The fourth-order valence-electron chi connectivity index (χ4n) is 4.49. The van der Waals surface area contributed by atoms with Crippen molar-refractivity contribution >= 4 is 22.5 Å². The molecule has 0 atom stereocenters. The number of methoxy groups -OCH3 is 1. The van der Waals surface area contributed by atoms with E-state index in [4.69, 9.17) is 4.74 Å². The lowest BCUT2D eigenvalue weighted by molar-refractivity contribution is -0.138. The van der Waals surface area contributed by atoms with E-state index in [2.05, 4.69) is 43.9 Å². The van der Waals surface area contributed by atoms with Crippen LogP contribution >= 0.6 is 0 Å². The summed E-state index contributed by atoms with van der Waals surface area (Å²) in [5.41, 5.74) is 1.45. The fraction of sp³-hybridized carbons (Fsp3) is 0.480. The summed E-state index contributed by atoms with van der Waals surface area (Å²) in [6.07, 6.45) is -4.40. The molecule has 7 nitrogen and oxygen atoms in total. The Morgan fingerprint density at radius 3 is 2.40 bits per heavy atom. The highest BCUT2D eigenvalue weighted by Gasteiger charge is 2.32. The molecule has 1 aromatic carbocycles. The molecule has 3 heterocycles. The maximum Gasteiger partial charge on any atom is 0.416 e. The number of halogens is 3. The van der Waals surface area contributed by atoms with Crippen LogP contribution in [0.15, 0.2) is 24.3 Å². The number of ether oxygens (including phenoxy) is 1. The number of nitrogens with zero attached hydrogens (tertiary/aromatic N) is 5. The number of alkyl halides is 3. The number of anilines is 2. The molecule has 0 unspecified atom stereocenters. The second kappa shape index (κ2) is 9.85. The summed E-state index contributed by atoms with van der Waals surface area (Å²) in [5, 5.41) is 3.92. The summed E-state index contributed by atoms with van der Waals surface area (Å²) >= 11 is 0. The van der Waals surface area contributed by atoms with E-state index in [0.29, 0.717) is 40.2 Å². The fourth-order valence-corrected chi connectivity index (χ4v) is 4.49. The third-order valence-electron chi connectivity index (χ3n) is 6.52. The van der Waals surface area contributed by atoms with Gasteiger partial charge in [-0.25, -0.2) is 9.97 Å². The largest absolute Gasteiger partial charge is 0.479 e. The number of benzene rings is 1. The average Bonchev–Trinajstić information content (AvgIpc) is 2.81. The molecule has 188 valence electrons. The van der Waals surface area contributed by atoms with E-state index >= 15 is 0 Å². The summed E-state index contributed by atoms with van der Waals surface area (Å²) in [6.45, 7) is 11.4. The Hall–Kier alpha value is -3.14. The number of hydrogen-bond donors (Lipinski definition) is 1. The van der Waals surface area contributed by atoms with Crippen LogP contribution in [-0.4, -0.2) is 59.2 Å². The van der Waals surface area contributed by atoms with Crippen molar-refractivity contribution < 1.29 is 17.9 Å². The molecular formula is C25H31F3N6O. The lowest BCUT2D eigenvalue weighted by atomic mass is 10.0. The molecule has 0 spiro atoms. The first-order valence-corrected chi connectivity index (χ1v) is 11.7. The van der Waals surface area contributed by atoms with Crippen molar-refractivity contribution in [3.05, 3.63) is 46.8 Å². The molecule has 0 amide bonds. The molecule has 1 N–H and O–H groups in total. The average molecular weight is 489 g/mol. The zero-order valence-corrected chi connectivity index (χ0v) is 20.7. The standard InChI is InChI=1S/C25H31F3N6O/c1-15(2)33-9-11-34(12-10-33)21-13-19-22(30-17(4)31-23(19)32-24(21)35-5)29-14-18-7-6-8-20(16(18)3)25(26,27)28/h6-8,13,15H,9-12,14H2,1-5H3,(H,29,30,31,32). The summed E-state index contributed by atoms with van der Waals surface area (Å²) in [4.78, 5) is 18.3. The quantitative estimate of drug-likeness (QED) is 0.534. The second-order valence-electron chi connectivity index (χ2n) is 9.07. The van der Waals surface area contributed by atoms with Crippen LogP contribution in [0.25, 0.3) is 11.0 Å². The molecule has 1 fully saturated rings. The van der Waals surface area contributed by atoms with Crippen molar-refractivity contribution in [1.82, 2.24) is 19.9 Å². The van der Waals surface area contributed by atoms with Crippen LogP contribution < -0.4 is 15.0 Å². The van der Waals surface area contributed by atoms with E-state index in [0.717, 1.165) is 37.9 Å². The molecule has 1 aliphatic heterocycles. The Labute approximate surface area is 203 Å². The van der Waals surface area contributed by atoms with Gasteiger partial charge in [-0.15, -0.1) is 0 Å². The van der Waals surface area contributed by atoms with Gasteiger partial charge in [0.05, 0.1) is 18.1 Å². The number of aromatic nitrogens is 3. The topological polar surface area (TPSA) is 66.4 Å². The third-order valence-corrected chi connectivity index (χ3v) is 6.52. The van der Waals surface area contributed by atoms with E-state index < -0.39 is 11.7 Å². The molecule has 0 aliphatic carbocycles. The Kier molecular flexibility index (Phi) is 7.02. The highest BCUT2D eigenvalue weighted by Crippen LogP contribution is 2.35. The van der Waals surface area contributed by atoms with Gasteiger partial charge in [-0.2, -0.15) is 18.2 Å². The monoisotopic (exact) mass is 488 g/mol. The van der Waals surface area contributed by atoms with Crippen LogP contribution in [0.4, 0.5) is 24.7 Å². The number of nitrogens with one attached hydrogen (secondary N) is 1. The van der Waals surface area contributed by atoms with E-state index in [1.807, 2.05) is 6.07 Å². The van der Waals surface area contributed by atoms with Gasteiger partial charge in [0, 0.05) is 38.8 Å². The van der Waals surface area contributed by atoms with Gasteiger partial charge in [0.2, 0.25) is 5.88 Å². The van der Waals surface area contributed by atoms with E-state index in [1.165, 1.54) is 13.0 Å². The SMILES string of the molecule is COc1nc2nc(C)nc(NCc3cccc(C(F)(F)F)c3C)c2cc1N1CCN(C(C)C)CC1. The smallest absolute Gasteiger partial charge is 0.416 e. The maximum atomic E-state index is 13.3. The number of pyridine rings is 1. The van der Waals surface area contributed by atoms with Crippen molar-refractivity contribution in [2.75, 3.05) is 43.5 Å². The second-order valence-corrected chi connectivity index (χ2v) is 9.07. The minimum absolute atomic E-state index is 0.190. The summed E-state index contributed by atoms with van der Waals surface area (Å²) in [5.74, 6) is 1.53. The van der Waals surface area contributed by atoms with Gasteiger partial charge in [0.1, 0.15) is 17.3 Å². The highest BCUT2D eigenvalue weighted by molar-refractivity contribution is 5.90. The van der Waals surface area contributed by atoms with Gasteiger partial charge in [-0.3, -0.25) is 4.90 Å². The van der Waals surface area contributed by atoms with E-state index in [1.54, 1.807) is 20.1 Å². The number of rotatable bonds is 6. The third kappa shape index (κ3) is 5.27. The molecule has 1 saturated heterocycles. The van der Waals surface area contributed by atoms with Crippen LogP contribution in [0.2, 0.25) is 0 Å². The molecular weight excluding hydrogens is 457 g/mol. The van der Waals surface area contributed by atoms with Gasteiger partial charge in [-0.1, -0.05) is 12.1 Å². The van der Waals surface area contributed by atoms with Crippen molar-refractivity contribution in [3.63, 3.8) is 0 Å². The van der Waals surface area contributed by atoms with E-state index in [9.17, 15) is 13.2 Å². The van der Waals surface area contributed by atoms with Crippen molar-refractivity contribution in [3.8, 4) is 5.88 Å². The Morgan fingerprint density at radius 2 is 1.77 bits per heavy atom. The minimum atomic E-state index is -4.40. The van der Waals surface area contributed by atoms with Crippen LogP contribution in [0, 0.1) is 13.8 Å². The molecule has 4 rings (SSSR count). The molecule has 1 aliphatic rings. The minimum Gasteiger partial charge on any atom is -0.479 e. The van der Waals surface area contributed by atoms with Crippen LogP contribution in [-0.2, 0) is 12.7 Å². The Bertz CT molecular complexity index is 1210. The normalized spacial score (nSPS) is 15.2. The molecule has 2 aromatic heterocycles. The number of fused-ring (bicyclic) bond motifs is 1. The number of aryl methyl sites for hydroxylation is 1. The molecule has 10 heteroatoms. The van der Waals surface area contributed by atoms with Gasteiger partial charge in [-0.05, 0) is 51.0 Å². The first-order chi connectivity index (χ1) is 16.6. The predicted molar refractivity (Wildman–Crippen MR) is 131 cm³/mol. The van der Waals surface area contributed by atoms with Gasteiger partial charge >= 0.3 is 6.18 Å². The Morgan fingerprint density at radius 1 is 1.06 bits per heavy atom. The van der Waals surface area contributed by atoms with Gasteiger partial charge in [0.25, 0.3) is 0 Å². The summed E-state index contributed by atoms with van der Waals surface area (Å²) in [6, 6.07) is 6.67. The zero-order chi connectivity index (χ0) is 25.3. The van der Waals surface area contributed by atoms with Gasteiger partial charge in [0.15, 0.2) is 5.65 Å². The van der Waals surface area contributed by atoms with Crippen LogP contribution in [0.5, 0.6) is 5.88 Å². The van der Waals surface area contributed by atoms with Crippen molar-refractivity contribution in [2.24, 2.45) is 0 Å². The molecule has 0 radical (unpaired) electrons. The first-order valence-electron chi connectivity index (χ1n) is 11.7. The highest BCUT2D eigenvalue weighted by atomic mass is 19.4.